The summed E-state index contributed by atoms with van der Waals surface area (Å²) in [4.78, 5) is 11.2. The van der Waals surface area contributed by atoms with Gasteiger partial charge in [0.05, 0.1) is 18.3 Å². The van der Waals surface area contributed by atoms with Gasteiger partial charge in [-0.15, -0.1) is 10.2 Å². The molecule has 6 nitrogen and oxygen atoms in total. The van der Waals surface area contributed by atoms with Crippen molar-refractivity contribution >= 4 is 0 Å². The summed E-state index contributed by atoms with van der Waals surface area (Å²) in [5.74, 6) is 3.39. The van der Waals surface area contributed by atoms with Gasteiger partial charge < -0.3 is 9.55 Å². The first-order valence-corrected chi connectivity index (χ1v) is 9.51. The molecule has 1 saturated carbocycles. The zero-order chi connectivity index (χ0) is 16.1. The molecular weight excluding hydrogens is 300 g/mol. The molecule has 2 aromatic rings. The minimum atomic E-state index is 0.417. The molecule has 5 rings (SSSR count). The molecule has 0 aromatic carbocycles. The summed E-state index contributed by atoms with van der Waals surface area (Å²) in [6.07, 6.45) is 9.90. The third kappa shape index (κ3) is 2.48. The van der Waals surface area contributed by atoms with Crippen molar-refractivity contribution in [3.63, 3.8) is 0 Å². The number of fused-ring (bicyclic) bond motifs is 1. The maximum absolute atomic E-state index is 4.96. The minimum absolute atomic E-state index is 0.417. The van der Waals surface area contributed by atoms with E-state index in [0.717, 1.165) is 31.2 Å². The van der Waals surface area contributed by atoms with E-state index in [2.05, 4.69) is 31.6 Å². The fraction of sp³-hybridized carbons (Fsp3) is 0.722. The van der Waals surface area contributed by atoms with E-state index in [9.17, 15) is 0 Å². The molecule has 2 aliphatic carbocycles. The fourth-order valence-corrected chi connectivity index (χ4v) is 4.47. The van der Waals surface area contributed by atoms with Crippen LogP contribution in [-0.2, 0) is 19.4 Å². The number of nitrogens with one attached hydrogen (secondary N) is 1. The van der Waals surface area contributed by atoms with Gasteiger partial charge in [-0.3, -0.25) is 4.90 Å². The van der Waals surface area contributed by atoms with Crippen molar-refractivity contribution in [3.8, 4) is 0 Å². The summed E-state index contributed by atoms with van der Waals surface area (Å²) >= 11 is 0. The lowest BCUT2D eigenvalue weighted by Gasteiger charge is -2.22. The molecule has 128 valence electrons. The summed E-state index contributed by atoms with van der Waals surface area (Å²) in [6.45, 7) is 4.11. The molecule has 1 saturated heterocycles. The average Bonchev–Trinajstić information content (AvgIpc) is 3.02. The second kappa shape index (κ2) is 5.69. The Hall–Kier alpha value is -1.69. The van der Waals surface area contributed by atoms with Gasteiger partial charge in [0.2, 0.25) is 0 Å². The SMILES string of the molecule is Cc1nnc(CN2CCC[C@H]2c2nc3c([nH]2)CCCC3)n1C1CC1. The molecule has 1 aliphatic heterocycles. The van der Waals surface area contributed by atoms with Gasteiger partial charge in [-0.1, -0.05) is 0 Å². The standard InChI is InChI=1S/C18H26N6/c1-12-21-22-17(24(12)13-8-9-13)11-23-10-4-7-16(23)18-19-14-5-2-3-6-15(14)20-18/h13,16H,2-11H2,1H3,(H,19,20)/t16-/m0/s1. The second-order valence-electron chi connectivity index (χ2n) is 7.65. The monoisotopic (exact) mass is 326 g/mol. The predicted octanol–water partition coefficient (Wildman–Crippen LogP) is 2.86. The third-order valence-corrected chi connectivity index (χ3v) is 5.85. The maximum Gasteiger partial charge on any atom is 0.147 e. The van der Waals surface area contributed by atoms with Gasteiger partial charge in [-0.2, -0.15) is 0 Å². The lowest BCUT2D eigenvalue weighted by Crippen LogP contribution is -2.25. The smallest absolute Gasteiger partial charge is 0.147 e. The lowest BCUT2D eigenvalue weighted by molar-refractivity contribution is 0.231. The Labute approximate surface area is 142 Å². The van der Waals surface area contributed by atoms with Crippen molar-refractivity contribution < 1.29 is 0 Å². The molecule has 24 heavy (non-hydrogen) atoms. The Kier molecular flexibility index (Phi) is 3.47. The van der Waals surface area contributed by atoms with E-state index < -0.39 is 0 Å². The Morgan fingerprint density at radius 3 is 2.79 bits per heavy atom. The number of likely N-dealkylation sites (tertiary alicyclic amines) is 1. The molecule has 6 heteroatoms. The number of aromatic nitrogens is 5. The summed E-state index contributed by atoms with van der Waals surface area (Å²) in [5, 5.41) is 8.81. The molecule has 2 fully saturated rings. The summed E-state index contributed by atoms with van der Waals surface area (Å²) < 4.78 is 2.36. The van der Waals surface area contributed by atoms with Crippen molar-refractivity contribution in [1.29, 1.82) is 0 Å². The van der Waals surface area contributed by atoms with Crippen molar-refractivity contribution in [2.75, 3.05) is 6.54 Å². The summed E-state index contributed by atoms with van der Waals surface area (Å²) in [6, 6.07) is 1.06. The van der Waals surface area contributed by atoms with Crippen LogP contribution in [0.1, 0.15) is 79.5 Å². The summed E-state index contributed by atoms with van der Waals surface area (Å²) in [5.41, 5.74) is 2.71. The van der Waals surface area contributed by atoms with Crippen LogP contribution in [0.25, 0.3) is 0 Å². The van der Waals surface area contributed by atoms with Crippen LogP contribution in [0.15, 0.2) is 0 Å². The van der Waals surface area contributed by atoms with Crippen molar-refractivity contribution in [3.05, 3.63) is 28.9 Å². The number of aryl methyl sites for hydroxylation is 3. The largest absolute Gasteiger partial charge is 0.344 e. The predicted molar refractivity (Wildman–Crippen MR) is 90.6 cm³/mol. The Morgan fingerprint density at radius 1 is 1.08 bits per heavy atom. The van der Waals surface area contributed by atoms with Crippen LogP contribution >= 0.6 is 0 Å². The van der Waals surface area contributed by atoms with Crippen LogP contribution in [0.3, 0.4) is 0 Å². The zero-order valence-electron chi connectivity index (χ0n) is 14.5. The highest BCUT2D eigenvalue weighted by atomic mass is 15.3. The van der Waals surface area contributed by atoms with Crippen molar-refractivity contribution in [2.45, 2.75) is 76.9 Å². The van der Waals surface area contributed by atoms with Crippen molar-refractivity contribution in [1.82, 2.24) is 29.6 Å². The van der Waals surface area contributed by atoms with Crippen LogP contribution in [0.5, 0.6) is 0 Å². The van der Waals surface area contributed by atoms with E-state index in [0.29, 0.717) is 12.1 Å². The van der Waals surface area contributed by atoms with E-state index in [1.165, 1.54) is 62.2 Å². The van der Waals surface area contributed by atoms with Gasteiger partial charge in [-0.05, 0) is 64.8 Å². The van der Waals surface area contributed by atoms with Crippen LogP contribution < -0.4 is 0 Å². The van der Waals surface area contributed by atoms with Gasteiger partial charge >= 0.3 is 0 Å². The molecule has 1 N–H and O–H groups in total. The molecule has 0 bridgehead atoms. The van der Waals surface area contributed by atoms with Crippen LogP contribution in [0.4, 0.5) is 0 Å². The van der Waals surface area contributed by atoms with E-state index in [1.807, 2.05) is 0 Å². The van der Waals surface area contributed by atoms with E-state index >= 15 is 0 Å². The van der Waals surface area contributed by atoms with Crippen LogP contribution in [0.2, 0.25) is 0 Å². The Balaban J connectivity index is 1.39. The third-order valence-electron chi connectivity index (χ3n) is 5.85. The molecular formula is C18H26N6. The highest BCUT2D eigenvalue weighted by molar-refractivity contribution is 5.19. The van der Waals surface area contributed by atoms with Gasteiger partial charge in [-0.25, -0.2) is 4.98 Å². The Bertz CT molecular complexity index is 717. The number of nitrogens with zero attached hydrogens (tertiary/aromatic N) is 5. The molecule has 0 radical (unpaired) electrons. The molecule has 3 aliphatic rings. The van der Waals surface area contributed by atoms with Crippen LogP contribution in [0, 0.1) is 6.92 Å². The number of hydrogen-bond donors (Lipinski definition) is 1. The topological polar surface area (TPSA) is 62.6 Å². The number of H-pyrrole nitrogens is 1. The molecule has 2 aromatic heterocycles. The Morgan fingerprint density at radius 2 is 1.96 bits per heavy atom. The highest BCUT2D eigenvalue weighted by Gasteiger charge is 2.33. The highest BCUT2D eigenvalue weighted by Crippen LogP contribution is 2.38. The molecule has 0 unspecified atom stereocenters. The first kappa shape index (κ1) is 14.6. The lowest BCUT2D eigenvalue weighted by atomic mass is 10.0. The maximum atomic E-state index is 4.96. The van der Waals surface area contributed by atoms with Gasteiger partial charge in [0.25, 0.3) is 0 Å². The zero-order valence-corrected chi connectivity index (χ0v) is 14.5. The number of imidazole rings is 1. The molecule has 1 atom stereocenters. The van der Waals surface area contributed by atoms with E-state index in [4.69, 9.17) is 4.98 Å². The quantitative estimate of drug-likeness (QED) is 0.938. The molecule has 0 amide bonds. The second-order valence-corrected chi connectivity index (χ2v) is 7.65. The van der Waals surface area contributed by atoms with Crippen molar-refractivity contribution in [2.24, 2.45) is 0 Å². The average molecular weight is 326 g/mol. The first-order valence-electron chi connectivity index (χ1n) is 9.51. The normalized spacial score (nSPS) is 24.5. The van der Waals surface area contributed by atoms with Gasteiger partial charge in [0, 0.05) is 11.7 Å². The minimum Gasteiger partial charge on any atom is -0.344 e. The number of rotatable bonds is 4. The van der Waals surface area contributed by atoms with Gasteiger partial charge in [0.1, 0.15) is 17.5 Å². The van der Waals surface area contributed by atoms with E-state index in [-0.39, 0.29) is 0 Å². The first-order chi connectivity index (χ1) is 11.8. The molecule has 3 heterocycles. The number of aromatic amines is 1. The number of hydrogen-bond acceptors (Lipinski definition) is 4. The van der Waals surface area contributed by atoms with E-state index in [1.54, 1.807) is 0 Å². The molecule has 0 spiro atoms. The van der Waals surface area contributed by atoms with Gasteiger partial charge in [0.15, 0.2) is 0 Å². The fourth-order valence-electron chi connectivity index (χ4n) is 4.47. The van der Waals surface area contributed by atoms with Crippen LogP contribution in [-0.4, -0.2) is 36.2 Å². The summed E-state index contributed by atoms with van der Waals surface area (Å²) in [7, 11) is 0.